The van der Waals surface area contributed by atoms with E-state index in [0.29, 0.717) is 17.6 Å². The van der Waals surface area contributed by atoms with Gasteiger partial charge in [-0.1, -0.05) is 12.8 Å². The van der Waals surface area contributed by atoms with E-state index >= 15 is 0 Å². The Morgan fingerprint density at radius 1 is 1.53 bits per heavy atom. The van der Waals surface area contributed by atoms with Gasteiger partial charge in [0.15, 0.2) is 0 Å². The molecule has 0 bridgehead atoms. The fraction of sp³-hybridized carbons (Fsp3) is 0.909. The summed E-state index contributed by atoms with van der Waals surface area (Å²) >= 11 is 1.80. The van der Waals surface area contributed by atoms with Crippen molar-refractivity contribution < 1.29 is 9.53 Å². The molecule has 0 aromatic heterocycles. The molecule has 15 heavy (non-hydrogen) atoms. The number of methoxy groups -OCH3 is 1. The molecule has 1 rings (SSSR count). The lowest BCUT2D eigenvalue weighted by atomic mass is 10.3. The Balaban J connectivity index is 2.07. The van der Waals surface area contributed by atoms with Crippen molar-refractivity contribution in [1.29, 1.82) is 0 Å². The average Bonchev–Trinajstić information content (AvgIpc) is 2.67. The molecule has 3 nitrogen and oxygen atoms in total. The lowest BCUT2D eigenvalue weighted by Gasteiger charge is -2.13. The Kier molecular flexibility index (Phi) is 6.10. The van der Waals surface area contributed by atoms with Crippen molar-refractivity contribution >= 4 is 17.7 Å². The third kappa shape index (κ3) is 5.42. The van der Waals surface area contributed by atoms with Gasteiger partial charge in [0.2, 0.25) is 5.91 Å². The summed E-state index contributed by atoms with van der Waals surface area (Å²) in [6, 6.07) is 0.117. The highest BCUT2D eigenvalue weighted by atomic mass is 32.2. The fourth-order valence-corrected chi connectivity index (χ4v) is 2.99. The molecule has 1 aliphatic carbocycles. The first-order chi connectivity index (χ1) is 7.22. The van der Waals surface area contributed by atoms with Crippen LogP contribution in [0, 0.1) is 0 Å². The van der Waals surface area contributed by atoms with E-state index in [1.165, 1.54) is 25.7 Å². The highest BCUT2D eigenvalue weighted by Crippen LogP contribution is 2.28. The van der Waals surface area contributed by atoms with Crippen LogP contribution in [0.15, 0.2) is 0 Å². The van der Waals surface area contributed by atoms with Crippen LogP contribution in [0.3, 0.4) is 0 Å². The maximum atomic E-state index is 11.5. The molecule has 1 saturated carbocycles. The molecular weight excluding hydrogens is 210 g/mol. The fourth-order valence-electron chi connectivity index (χ4n) is 1.86. The smallest absolute Gasteiger partial charge is 0.230 e. The molecule has 0 saturated heterocycles. The molecule has 1 fully saturated rings. The standard InChI is InChI=1S/C11H21NO2S/c1-9(7-14-2)12-11(13)8-15-10-5-3-4-6-10/h9-10H,3-8H2,1-2H3,(H,12,13)/t9-/m1/s1. The Morgan fingerprint density at radius 2 is 2.20 bits per heavy atom. The third-order valence-corrected chi connectivity index (χ3v) is 3.95. The zero-order chi connectivity index (χ0) is 11.1. The Labute approximate surface area is 96.3 Å². The number of hydrogen-bond donors (Lipinski definition) is 1. The summed E-state index contributed by atoms with van der Waals surface area (Å²) in [5, 5.41) is 3.64. The molecule has 1 amide bonds. The van der Waals surface area contributed by atoms with Gasteiger partial charge in [-0.3, -0.25) is 4.79 Å². The summed E-state index contributed by atoms with van der Waals surface area (Å²) in [6.07, 6.45) is 5.23. The van der Waals surface area contributed by atoms with E-state index in [9.17, 15) is 4.79 Å². The van der Waals surface area contributed by atoms with Crippen LogP contribution < -0.4 is 5.32 Å². The van der Waals surface area contributed by atoms with Gasteiger partial charge < -0.3 is 10.1 Å². The van der Waals surface area contributed by atoms with Crippen LogP contribution in [0.5, 0.6) is 0 Å². The quantitative estimate of drug-likeness (QED) is 0.757. The topological polar surface area (TPSA) is 38.3 Å². The number of hydrogen-bond acceptors (Lipinski definition) is 3. The summed E-state index contributed by atoms with van der Waals surface area (Å²) in [5.74, 6) is 0.732. The Hall–Kier alpha value is -0.220. The molecule has 1 atom stereocenters. The summed E-state index contributed by atoms with van der Waals surface area (Å²) < 4.78 is 4.96. The largest absolute Gasteiger partial charge is 0.383 e. The lowest BCUT2D eigenvalue weighted by Crippen LogP contribution is -2.36. The van der Waals surface area contributed by atoms with Gasteiger partial charge >= 0.3 is 0 Å². The van der Waals surface area contributed by atoms with Crippen molar-refractivity contribution in [2.45, 2.75) is 43.9 Å². The number of carbonyl (C=O) groups excluding carboxylic acids is 1. The number of rotatable bonds is 6. The van der Waals surface area contributed by atoms with Gasteiger partial charge in [-0.15, -0.1) is 11.8 Å². The van der Waals surface area contributed by atoms with E-state index in [2.05, 4.69) is 5.32 Å². The normalized spacial score (nSPS) is 19.1. The monoisotopic (exact) mass is 231 g/mol. The second-order valence-corrected chi connectivity index (χ2v) is 5.43. The average molecular weight is 231 g/mol. The highest BCUT2D eigenvalue weighted by molar-refractivity contribution is 8.00. The molecule has 0 heterocycles. The molecule has 4 heteroatoms. The predicted molar refractivity (Wildman–Crippen MR) is 64.2 cm³/mol. The van der Waals surface area contributed by atoms with E-state index in [0.717, 1.165) is 0 Å². The second kappa shape index (κ2) is 7.12. The maximum Gasteiger partial charge on any atom is 0.230 e. The number of carbonyl (C=O) groups is 1. The molecular formula is C11H21NO2S. The molecule has 1 aliphatic rings. The van der Waals surface area contributed by atoms with Gasteiger partial charge in [0.25, 0.3) is 0 Å². The number of amides is 1. The molecule has 1 N–H and O–H groups in total. The van der Waals surface area contributed by atoms with Gasteiger partial charge in [0.1, 0.15) is 0 Å². The molecule has 0 aliphatic heterocycles. The van der Waals surface area contributed by atoms with Crippen molar-refractivity contribution in [2.24, 2.45) is 0 Å². The number of thioether (sulfide) groups is 1. The molecule has 88 valence electrons. The van der Waals surface area contributed by atoms with Crippen LogP contribution in [0.25, 0.3) is 0 Å². The van der Waals surface area contributed by atoms with Crippen molar-refractivity contribution in [3.8, 4) is 0 Å². The minimum atomic E-state index is 0.117. The zero-order valence-corrected chi connectivity index (χ0v) is 10.4. The summed E-state index contributed by atoms with van der Waals surface area (Å²) in [6.45, 7) is 2.54. The van der Waals surface area contributed by atoms with Crippen molar-refractivity contribution in [3.05, 3.63) is 0 Å². The summed E-state index contributed by atoms with van der Waals surface area (Å²) in [4.78, 5) is 11.5. The van der Waals surface area contributed by atoms with Crippen LogP contribution in [0.4, 0.5) is 0 Å². The van der Waals surface area contributed by atoms with Crippen LogP contribution >= 0.6 is 11.8 Å². The number of ether oxygens (including phenoxy) is 1. The first kappa shape index (κ1) is 12.8. The van der Waals surface area contributed by atoms with Crippen LogP contribution in [0.1, 0.15) is 32.6 Å². The minimum Gasteiger partial charge on any atom is -0.383 e. The first-order valence-corrected chi connectivity index (χ1v) is 6.67. The van der Waals surface area contributed by atoms with E-state index in [1.807, 2.05) is 6.92 Å². The first-order valence-electron chi connectivity index (χ1n) is 5.62. The molecule has 0 aromatic rings. The van der Waals surface area contributed by atoms with E-state index in [1.54, 1.807) is 18.9 Å². The highest BCUT2D eigenvalue weighted by Gasteiger charge is 2.17. The number of nitrogens with one attached hydrogen (secondary N) is 1. The van der Waals surface area contributed by atoms with Gasteiger partial charge in [-0.05, 0) is 19.8 Å². The van der Waals surface area contributed by atoms with Crippen molar-refractivity contribution in [1.82, 2.24) is 5.32 Å². The predicted octanol–water partition coefficient (Wildman–Crippen LogP) is 1.81. The van der Waals surface area contributed by atoms with Crippen LogP contribution in [0.2, 0.25) is 0 Å². The van der Waals surface area contributed by atoms with Gasteiger partial charge in [-0.2, -0.15) is 0 Å². The minimum absolute atomic E-state index is 0.117. The van der Waals surface area contributed by atoms with Crippen molar-refractivity contribution in [3.63, 3.8) is 0 Å². The molecule has 0 radical (unpaired) electrons. The van der Waals surface area contributed by atoms with Gasteiger partial charge in [-0.25, -0.2) is 0 Å². The Morgan fingerprint density at radius 3 is 2.80 bits per heavy atom. The maximum absolute atomic E-state index is 11.5. The van der Waals surface area contributed by atoms with E-state index in [-0.39, 0.29) is 11.9 Å². The SMILES string of the molecule is COC[C@@H](C)NC(=O)CSC1CCCC1. The molecule has 0 spiro atoms. The van der Waals surface area contributed by atoms with Crippen LogP contribution in [-0.4, -0.2) is 36.7 Å². The Bertz CT molecular complexity index is 193. The zero-order valence-electron chi connectivity index (χ0n) is 9.62. The van der Waals surface area contributed by atoms with E-state index in [4.69, 9.17) is 4.74 Å². The van der Waals surface area contributed by atoms with Crippen molar-refractivity contribution in [2.75, 3.05) is 19.5 Å². The van der Waals surface area contributed by atoms with Crippen LogP contribution in [-0.2, 0) is 9.53 Å². The molecule has 0 unspecified atom stereocenters. The van der Waals surface area contributed by atoms with Gasteiger partial charge in [0.05, 0.1) is 12.4 Å². The lowest BCUT2D eigenvalue weighted by molar-refractivity contribution is -0.119. The molecule has 0 aromatic carbocycles. The summed E-state index contributed by atoms with van der Waals surface area (Å²) in [5.41, 5.74) is 0. The second-order valence-electron chi connectivity index (χ2n) is 4.14. The van der Waals surface area contributed by atoms with E-state index < -0.39 is 0 Å². The third-order valence-electron chi connectivity index (χ3n) is 2.58. The van der Waals surface area contributed by atoms with Gasteiger partial charge in [0, 0.05) is 18.4 Å². The summed E-state index contributed by atoms with van der Waals surface area (Å²) in [7, 11) is 1.65.